The maximum Gasteiger partial charge on any atom is 0.341 e. The molecule has 20 heavy (non-hydrogen) atoms. The van der Waals surface area contributed by atoms with Gasteiger partial charge in [0.15, 0.2) is 6.61 Å². The molecule has 1 aromatic heterocycles. The van der Waals surface area contributed by atoms with E-state index < -0.39 is 5.97 Å². The summed E-state index contributed by atoms with van der Waals surface area (Å²) >= 11 is 1.50. The van der Waals surface area contributed by atoms with E-state index >= 15 is 0 Å². The van der Waals surface area contributed by atoms with Crippen LogP contribution in [0.4, 0.5) is 0 Å². The Morgan fingerprint density at radius 3 is 2.75 bits per heavy atom. The van der Waals surface area contributed by atoms with E-state index in [0.717, 1.165) is 17.0 Å². The summed E-state index contributed by atoms with van der Waals surface area (Å²) in [5.74, 6) is -0.439. The van der Waals surface area contributed by atoms with Gasteiger partial charge in [-0.2, -0.15) is 0 Å². The number of nitrogens with zero attached hydrogens (tertiary/aromatic N) is 1. The number of pyridine rings is 1. The summed E-state index contributed by atoms with van der Waals surface area (Å²) in [7, 11) is 0. The Morgan fingerprint density at radius 2 is 2.10 bits per heavy atom. The normalized spacial score (nSPS) is 10.2. The van der Waals surface area contributed by atoms with Gasteiger partial charge >= 0.3 is 5.97 Å². The number of hydrogen-bond acceptors (Lipinski definition) is 5. The number of aliphatic carboxylic acids is 1. The van der Waals surface area contributed by atoms with E-state index in [1.54, 1.807) is 18.3 Å². The Kier molecular flexibility index (Phi) is 5.40. The third-order valence-electron chi connectivity index (χ3n) is 2.38. The molecule has 0 fully saturated rings. The van der Waals surface area contributed by atoms with Crippen LogP contribution in [0.2, 0.25) is 0 Å². The average molecular weight is 290 g/mol. The second-order valence-corrected chi connectivity index (χ2v) is 4.90. The minimum absolute atomic E-state index is 0.328. The maximum absolute atomic E-state index is 10.4. The lowest BCUT2D eigenvalue weighted by atomic mass is 10.3. The molecular weight excluding hydrogens is 276 g/mol. The van der Waals surface area contributed by atoms with E-state index in [9.17, 15) is 4.79 Å². The Hall–Kier alpha value is -2.05. The van der Waals surface area contributed by atoms with Crippen LogP contribution in [0.5, 0.6) is 5.75 Å². The summed E-state index contributed by atoms with van der Waals surface area (Å²) in [5.41, 5.74) is 1.11. The second-order valence-electron chi connectivity index (χ2n) is 3.94. The van der Waals surface area contributed by atoms with E-state index in [4.69, 9.17) is 9.84 Å². The zero-order valence-electron chi connectivity index (χ0n) is 10.7. The molecule has 0 atom stereocenters. The van der Waals surface area contributed by atoms with Crippen molar-refractivity contribution >= 4 is 17.9 Å². The number of carboxylic acid groups (broad SMARTS) is 1. The van der Waals surface area contributed by atoms with Gasteiger partial charge in [-0.1, -0.05) is 6.07 Å². The van der Waals surface area contributed by atoms with E-state index in [2.05, 4.69) is 9.71 Å². The van der Waals surface area contributed by atoms with Gasteiger partial charge in [0.2, 0.25) is 0 Å². The van der Waals surface area contributed by atoms with Crippen LogP contribution < -0.4 is 9.46 Å². The molecule has 0 aliphatic heterocycles. The molecule has 104 valence electrons. The monoisotopic (exact) mass is 290 g/mol. The number of rotatable bonds is 7. The number of hydrogen-bond donors (Lipinski definition) is 2. The summed E-state index contributed by atoms with van der Waals surface area (Å²) in [6, 6.07) is 11.1. The molecule has 2 aromatic rings. The van der Waals surface area contributed by atoms with Gasteiger partial charge in [-0.3, -0.25) is 9.71 Å². The van der Waals surface area contributed by atoms with E-state index in [0.29, 0.717) is 5.75 Å². The molecule has 0 radical (unpaired) electrons. The van der Waals surface area contributed by atoms with Crippen LogP contribution in [0, 0.1) is 0 Å². The highest BCUT2D eigenvalue weighted by Gasteiger charge is 2.00. The zero-order valence-corrected chi connectivity index (χ0v) is 11.5. The fourth-order valence-electron chi connectivity index (χ4n) is 1.45. The first-order valence-electron chi connectivity index (χ1n) is 5.97. The number of aromatic nitrogens is 1. The summed E-state index contributed by atoms with van der Waals surface area (Å²) < 4.78 is 8.29. The number of carboxylic acids is 1. The highest BCUT2D eigenvalue weighted by molar-refractivity contribution is 7.97. The Balaban J connectivity index is 1.77. The first kappa shape index (κ1) is 14.4. The average Bonchev–Trinajstić information content (AvgIpc) is 2.47. The van der Waals surface area contributed by atoms with Crippen LogP contribution in [0.25, 0.3) is 0 Å². The molecule has 0 saturated heterocycles. The van der Waals surface area contributed by atoms with Crippen molar-refractivity contribution in [1.82, 2.24) is 9.71 Å². The topological polar surface area (TPSA) is 71.5 Å². The molecule has 0 amide bonds. The highest BCUT2D eigenvalue weighted by Crippen LogP contribution is 2.19. The van der Waals surface area contributed by atoms with Crippen LogP contribution in [0.3, 0.4) is 0 Å². The van der Waals surface area contributed by atoms with Gasteiger partial charge in [-0.25, -0.2) is 4.79 Å². The number of ether oxygens (including phenoxy) is 1. The predicted octanol–water partition coefficient (Wildman–Crippen LogP) is 2.34. The van der Waals surface area contributed by atoms with Crippen LogP contribution >= 0.6 is 11.9 Å². The van der Waals surface area contributed by atoms with Gasteiger partial charge in [0.05, 0.1) is 0 Å². The minimum atomic E-state index is -0.985. The van der Waals surface area contributed by atoms with E-state index in [-0.39, 0.29) is 6.61 Å². The molecule has 1 aromatic carbocycles. The van der Waals surface area contributed by atoms with Crippen LogP contribution in [0.1, 0.15) is 5.56 Å². The Labute approximate surface area is 121 Å². The van der Waals surface area contributed by atoms with Gasteiger partial charge in [-0.15, -0.1) is 0 Å². The quantitative estimate of drug-likeness (QED) is 0.763. The second kappa shape index (κ2) is 7.52. The van der Waals surface area contributed by atoms with Crippen molar-refractivity contribution in [1.29, 1.82) is 0 Å². The number of nitrogens with one attached hydrogen (secondary N) is 1. The lowest BCUT2D eigenvalue weighted by molar-refractivity contribution is -0.139. The van der Waals surface area contributed by atoms with Gasteiger partial charge < -0.3 is 9.84 Å². The first-order valence-corrected chi connectivity index (χ1v) is 6.79. The maximum atomic E-state index is 10.4. The van der Waals surface area contributed by atoms with Crippen LogP contribution in [-0.4, -0.2) is 22.7 Å². The van der Waals surface area contributed by atoms with Gasteiger partial charge in [0.25, 0.3) is 0 Å². The third-order valence-corrected chi connectivity index (χ3v) is 3.17. The number of benzene rings is 1. The van der Waals surface area contributed by atoms with Gasteiger partial charge in [0, 0.05) is 23.8 Å². The SMILES string of the molecule is O=C(O)COc1ccc(SNCc2cccnc2)cc1. The Bertz CT molecular complexity index is 546. The largest absolute Gasteiger partial charge is 0.482 e. The third kappa shape index (κ3) is 4.91. The molecule has 0 aliphatic carbocycles. The number of carbonyl (C=O) groups is 1. The van der Waals surface area contributed by atoms with Crippen molar-refractivity contribution in [3.63, 3.8) is 0 Å². The van der Waals surface area contributed by atoms with Crippen molar-refractivity contribution in [2.45, 2.75) is 11.4 Å². The molecule has 1 heterocycles. The molecule has 5 nitrogen and oxygen atoms in total. The van der Waals surface area contributed by atoms with Crippen molar-refractivity contribution in [2.24, 2.45) is 0 Å². The fourth-order valence-corrected chi connectivity index (χ4v) is 2.13. The van der Waals surface area contributed by atoms with Crippen LogP contribution in [-0.2, 0) is 11.3 Å². The summed E-state index contributed by atoms with van der Waals surface area (Å²) in [6.45, 7) is 0.390. The van der Waals surface area contributed by atoms with Crippen molar-refractivity contribution in [2.75, 3.05) is 6.61 Å². The molecule has 0 unspecified atom stereocenters. The minimum Gasteiger partial charge on any atom is -0.482 e. The van der Waals surface area contributed by atoms with E-state index in [1.165, 1.54) is 11.9 Å². The highest BCUT2D eigenvalue weighted by atomic mass is 32.2. The lowest BCUT2D eigenvalue weighted by Gasteiger charge is -2.06. The summed E-state index contributed by atoms with van der Waals surface area (Å²) in [6.07, 6.45) is 3.56. The molecule has 0 bridgehead atoms. The van der Waals surface area contributed by atoms with Crippen molar-refractivity contribution in [3.8, 4) is 5.75 Å². The molecular formula is C14H14N2O3S. The molecule has 0 saturated carbocycles. The Morgan fingerprint density at radius 1 is 1.30 bits per heavy atom. The predicted molar refractivity (Wildman–Crippen MR) is 76.5 cm³/mol. The summed E-state index contributed by atoms with van der Waals surface area (Å²) in [4.78, 5) is 15.4. The smallest absolute Gasteiger partial charge is 0.341 e. The van der Waals surface area contributed by atoms with Gasteiger partial charge in [0.1, 0.15) is 5.75 Å². The molecule has 0 aliphatic rings. The molecule has 2 rings (SSSR count). The first-order chi connectivity index (χ1) is 9.74. The molecule has 2 N–H and O–H groups in total. The fraction of sp³-hybridized carbons (Fsp3) is 0.143. The van der Waals surface area contributed by atoms with Crippen molar-refractivity contribution < 1.29 is 14.6 Å². The molecule has 6 heteroatoms. The van der Waals surface area contributed by atoms with Crippen molar-refractivity contribution in [3.05, 3.63) is 54.4 Å². The molecule has 0 spiro atoms. The lowest BCUT2D eigenvalue weighted by Crippen LogP contribution is -2.09. The van der Waals surface area contributed by atoms with Crippen LogP contribution in [0.15, 0.2) is 53.7 Å². The van der Waals surface area contributed by atoms with Gasteiger partial charge in [-0.05, 0) is 47.8 Å². The van der Waals surface area contributed by atoms with E-state index in [1.807, 2.05) is 30.5 Å². The standard InChI is InChI=1S/C14H14N2O3S/c17-14(18)10-19-12-3-5-13(6-4-12)20-16-9-11-2-1-7-15-8-11/h1-8,16H,9-10H2,(H,17,18). The zero-order chi connectivity index (χ0) is 14.2. The summed E-state index contributed by atoms with van der Waals surface area (Å²) in [5, 5.41) is 8.51.